The Balaban J connectivity index is 2.05. The van der Waals surface area contributed by atoms with Crippen LogP contribution in [-0.4, -0.2) is 48.0 Å². The minimum atomic E-state index is 0.167. The molecule has 2 atom stereocenters. The van der Waals surface area contributed by atoms with Crippen molar-refractivity contribution in [1.29, 1.82) is 0 Å². The van der Waals surface area contributed by atoms with Gasteiger partial charge in [-0.1, -0.05) is 43.3 Å². The first-order chi connectivity index (χ1) is 9.78. The Morgan fingerprint density at radius 3 is 2.25 bits per heavy atom. The summed E-state index contributed by atoms with van der Waals surface area (Å²) >= 11 is 0. The zero-order valence-electron chi connectivity index (χ0n) is 12.2. The topological polar surface area (TPSA) is 43.7 Å². The number of allylic oxidation sites excluding steroid dienone is 1. The first-order valence-corrected chi connectivity index (χ1v) is 7.47. The first kappa shape index (κ1) is 15.2. The molecule has 3 heteroatoms. The fourth-order valence-electron chi connectivity index (χ4n) is 2.99. The summed E-state index contributed by atoms with van der Waals surface area (Å²) in [7, 11) is 0. The highest BCUT2D eigenvalue weighted by atomic mass is 16.3. The second-order valence-corrected chi connectivity index (χ2v) is 5.58. The summed E-state index contributed by atoms with van der Waals surface area (Å²) in [5, 5.41) is 18.8. The molecule has 0 saturated carbocycles. The van der Waals surface area contributed by atoms with Gasteiger partial charge in [0.1, 0.15) is 0 Å². The van der Waals surface area contributed by atoms with Crippen molar-refractivity contribution in [1.82, 2.24) is 4.90 Å². The molecule has 3 nitrogen and oxygen atoms in total. The SMILES string of the molecule is CC/C=C(/CN1C[C@@H](CO)[C@H](CO)C1)c1ccccc1. The molecule has 0 unspecified atom stereocenters. The zero-order chi connectivity index (χ0) is 14.4. The van der Waals surface area contributed by atoms with Crippen LogP contribution in [0.2, 0.25) is 0 Å². The summed E-state index contributed by atoms with van der Waals surface area (Å²) in [4.78, 5) is 2.34. The molecule has 0 spiro atoms. The van der Waals surface area contributed by atoms with E-state index >= 15 is 0 Å². The summed E-state index contributed by atoms with van der Waals surface area (Å²) in [6.07, 6.45) is 3.29. The molecule has 110 valence electrons. The molecule has 20 heavy (non-hydrogen) atoms. The molecule has 1 aliphatic heterocycles. The molecule has 1 aromatic carbocycles. The number of benzene rings is 1. The Hall–Kier alpha value is -1.16. The van der Waals surface area contributed by atoms with Gasteiger partial charge in [-0.3, -0.25) is 4.90 Å². The molecular weight excluding hydrogens is 250 g/mol. The number of hydrogen-bond donors (Lipinski definition) is 2. The van der Waals surface area contributed by atoms with Gasteiger partial charge < -0.3 is 10.2 Å². The van der Waals surface area contributed by atoms with Crippen LogP contribution in [0, 0.1) is 11.8 Å². The quantitative estimate of drug-likeness (QED) is 0.834. The van der Waals surface area contributed by atoms with Gasteiger partial charge in [-0.25, -0.2) is 0 Å². The summed E-state index contributed by atoms with van der Waals surface area (Å²) in [5.74, 6) is 0.414. The van der Waals surface area contributed by atoms with Gasteiger partial charge in [0.15, 0.2) is 0 Å². The maximum absolute atomic E-state index is 9.39. The van der Waals surface area contributed by atoms with E-state index in [2.05, 4.69) is 42.2 Å². The molecule has 2 N–H and O–H groups in total. The fourth-order valence-corrected chi connectivity index (χ4v) is 2.99. The summed E-state index contributed by atoms with van der Waals surface area (Å²) in [6.45, 7) is 5.12. The van der Waals surface area contributed by atoms with E-state index in [9.17, 15) is 10.2 Å². The first-order valence-electron chi connectivity index (χ1n) is 7.47. The molecule has 0 amide bonds. The fraction of sp³-hybridized carbons (Fsp3) is 0.529. The molecule has 0 bridgehead atoms. The van der Waals surface area contributed by atoms with Crippen LogP contribution < -0.4 is 0 Å². The number of aliphatic hydroxyl groups excluding tert-OH is 2. The van der Waals surface area contributed by atoms with Crippen LogP contribution in [0.25, 0.3) is 5.57 Å². The van der Waals surface area contributed by atoms with E-state index in [0.29, 0.717) is 0 Å². The number of likely N-dealkylation sites (tertiary alicyclic amines) is 1. The van der Waals surface area contributed by atoms with Crippen molar-refractivity contribution in [3.63, 3.8) is 0 Å². The van der Waals surface area contributed by atoms with Crippen molar-refractivity contribution in [2.45, 2.75) is 13.3 Å². The average Bonchev–Trinajstić information content (AvgIpc) is 2.90. The molecule has 1 aromatic rings. The molecule has 0 aliphatic carbocycles. The van der Waals surface area contributed by atoms with Gasteiger partial charge in [-0.15, -0.1) is 0 Å². The van der Waals surface area contributed by atoms with Gasteiger partial charge in [0.25, 0.3) is 0 Å². The molecule has 2 rings (SSSR count). The lowest BCUT2D eigenvalue weighted by atomic mass is 9.98. The smallest absolute Gasteiger partial charge is 0.0475 e. The second-order valence-electron chi connectivity index (χ2n) is 5.58. The molecule has 1 saturated heterocycles. The normalized spacial score (nSPS) is 24.2. The summed E-state index contributed by atoms with van der Waals surface area (Å²) in [6, 6.07) is 10.5. The maximum atomic E-state index is 9.39. The Bertz CT molecular complexity index is 418. The molecule has 1 aliphatic rings. The third kappa shape index (κ3) is 3.69. The van der Waals surface area contributed by atoms with Gasteiger partial charge in [0, 0.05) is 44.7 Å². The molecular formula is C17H25NO2. The van der Waals surface area contributed by atoms with Crippen LogP contribution in [0.4, 0.5) is 0 Å². The van der Waals surface area contributed by atoms with Crippen molar-refractivity contribution in [2.24, 2.45) is 11.8 Å². The van der Waals surface area contributed by atoms with Crippen LogP contribution in [-0.2, 0) is 0 Å². The van der Waals surface area contributed by atoms with E-state index in [1.807, 2.05) is 6.07 Å². The number of nitrogens with zero attached hydrogens (tertiary/aromatic N) is 1. The van der Waals surface area contributed by atoms with Crippen LogP contribution in [0.3, 0.4) is 0 Å². The monoisotopic (exact) mass is 275 g/mol. The van der Waals surface area contributed by atoms with Crippen LogP contribution in [0.1, 0.15) is 18.9 Å². The summed E-state index contributed by atoms with van der Waals surface area (Å²) in [5.41, 5.74) is 2.60. The van der Waals surface area contributed by atoms with Gasteiger partial charge in [0.2, 0.25) is 0 Å². The summed E-state index contributed by atoms with van der Waals surface area (Å²) < 4.78 is 0. The van der Waals surface area contributed by atoms with Crippen molar-refractivity contribution in [3.05, 3.63) is 42.0 Å². The highest BCUT2D eigenvalue weighted by Gasteiger charge is 2.31. The van der Waals surface area contributed by atoms with Crippen LogP contribution >= 0.6 is 0 Å². The van der Waals surface area contributed by atoms with Gasteiger partial charge in [0.05, 0.1) is 0 Å². The van der Waals surface area contributed by atoms with E-state index in [1.165, 1.54) is 11.1 Å². The predicted molar refractivity (Wildman–Crippen MR) is 82.3 cm³/mol. The minimum Gasteiger partial charge on any atom is -0.396 e. The highest BCUT2D eigenvalue weighted by molar-refractivity contribution is 5.66. The maximum Gasteiger partial charge on any atom is 0.0475 e. The lowest BCUT2D eigenvalue weighted by Gasteiger charge is -2.18. The largest absolute Gasteiger partial charge is 0.396 e. The Labute approximate surface area is 121 Å². The van der Waals surface area contributed by atoms with Crippen molar-refractivity contribution >= 4 is 5.57 Å². The number of hydrogen-bond acceptors (Lipinski definition) is 3. The van der Waals surface area contributed by atoms with E-state index in [1.54, 1.807) is 0 Å². The Kier molecular flexibility index (Phi) is 5.77. The molecule has 0 aromatic heterocycles. The molecule has 1 heterocycles. The minimum absolute atomic E-state index is 0.167. The third-order valence-electron chi connectivity index (χ3n) is 4.11. The van der Waals surface area contributed by atoms with E-state index in [4.69, 9.17) is 0 Å². The third-order valence-corrected chi connectivity index (χ3v) is 4.11. The number of aliphatic hydroxyl groups is 2. The van der Waals surface area contributed by atoms with Gasteiger partial charge in [-0.05, 0) is 17.6 Å². The van der Waals surface area contributed by atoms with E-state index in [-0.39, 0.29) is 25.0 Å². The Morgan fingerprint density at radius 2 is 1.75 bits per heavy atom. The van der Waals surface area contributed by atoms with Crippen LogP contribution in [0.15, 0.2) is 36.4 Å². The highest BCUT2D eigenvalue weighted by Crippen LogP contribution is 2.25. The average molecular weight is 275 g/mol. The van der Waals surface area contributed by atoms with Crippen LogP contribution in [0.5, 0.6) is 0 Å². The van der Waals surface area contributed by atoms with Gasteiger partial charge in [-0.2, -0.15) is 0 Å². The van der Waals surface area contributed by atoms with Gasteiger partial charge >= 0.3 is 0 Å². The second kappa shape index (κ2) is 7.58. The van der Waals surface area contributed by atoms with Crippen molar-refractivity contribution in [2.75, 3.05) is 32.8 Å². The standard InChI is InChI=1S/C17H25NO2/c1-2-6-15(14-7-4-3-5-8-14)9-18-10-16(12-19)17(11-18)13-20/h3-8,16-17,19-20H,2,9-13H2,1H3/b15-6-/t16-,17-/m0/s1. The number of rotatable bonds is 6. The Morgan fingerprint density at radius 1 is 1.15 bits per heavy atom. The van der Waals surface area contributed by atoms with Crippen molar-refractivity contribution in [3.8, 4) is 0 Å². The van der Waals surface area contributed by atoms with Crippen molar-refractivity contribution < 1.29 is 10.2 Å². The van der Waals surface area contributed by atoms with E-state index in [0.717, 1.165) is 26.1 Å². The molecule has 1 fully saturated rings. The predicted octanol–water partition coefficient (Wildman–Crippen LogP) is 2.01. The van der Waals surface area contributed by atoms with E-state index < -0.39 is 0 Å². The lowest BCUT2D eigenvalue weighted by Crippen LogP contribution is -2.23. The lowest BCUT2D eigenvalue weighted by molar-refractivity contribution is 0.152. The molecule has 0 radical (unpaired) electrons. The zero-order valence-corrected chi connectivity index (χ0v) is 12.2.